The van der Waals surface area contributed by atoms with Crippen LogP contribution in [0.4, 0.5) is 0 Å². The van der Waals surface area contributed by atoms with Crippen molar-refractivity contribution in [2.45, 2.75) is 39.2 Å². The quantitative estimate of drug-likeness (QED) is 0.720. The predicted octanol–water partition coefficient (Wildman–Crippen LogP) is 2.80. The molecule has 1 aromatic carbocycles. The zero-order valence-corrected chi connectivity index (χ0v) is 11.3. The van der Waals surface area contributed by atoms with E-state index in [4.69, 9.17) is 5.11 Å². The van der Waals surface area contributed by atoms with Crippen molar-refractivity contribution < 1.29 is 9.90 Å². The molecular formula is C15H23NO2. The normalized spacial score (nSPS) is 11.1. The second kappa shape index (κ2) is 7.88. The van der Waals surface area contributed by atoms with E-state index in [2.05, 4.69) is 24.3 Å². The van der Waals surface area contributed by atoms with Gasteiger partial charge in [0.25, 0.3) is 0 Å². The fourth-order valence-corrected chi connectivity index (χ4v) is 1.98. The topological polar surface area (TPSA) is 40.5 Å². The van der Waals surface area contributed by atoms with Crippen molar-refractivity contribution >= 4 is 5.97 Å². The first-order chi connectivity index (χ1) is 8.59. The van der Waals surface area contributed by atoms with E-state index in [1.807, 2.05) is 24.8 Å². The Bertz CT molecular complexity index is 349. The second-order valence-corrected chi connectivity index (χ2v) is 4.90. The molecule has 0 unspecified atom stereocenters. The molecule has 0 aliphatic carbocycles. The third-order valence-corrected chi connectivity index (χ3v) is 3.07. The van der Waals surface area contributed by atoms with Crippen LogP contribution >= 0.6 is 0 Å². The van der Waals surface area contributed by atoms with Crippen molar-refractivity contribution in [2.75, 3.05) is 13.1 Å². The maximum atomic E-state index is 10.7. The van der Waals surface area contributed by atoms with E-state index in [0.29, 0.717) is 0 Å². The third kappa shape index (κ3) is 5.82. The third-order valence-electron chi connectivity index (χ3n) is 3.07. The average Bonchev–Trinajstić information content (AvgIpc) is 2.33. The van der Waals surface area contributed by atoms with Gasteiger partial charge in [-0.25, -0.2) is 0 Å². The zero-order valence-electron chi connectivity index (χ0n) is 11.3. The van der Waals surface area contributed by atoms with E-state index in [9.17, 15) is 4.79 Å². The summed E-state index contributed by atoms with van der Waals surface area (Å²) in [6, 6.07) is 10.7. The maximum absolute atomic E-state index is 10.7. The van der Waals surface area contributed by atoms with E-state index >= 15 is 0 Å². The summed E-state index contributed by atoms with van der Waals surface area (Å²) in [5.74, 6) is -0.744. The Labute approximate surface area is 109 Å². The molecule has 0 saturated carbocycles. The average molecular weight is 249 g/mol. The van der Waals surface area contributed by atoms with Crippen LogP contribution < -0.4 is 0 Å². The molecule has 3 nitrogen and oxygen atoms in total. The van der Waals surface area contributed by atoms with Crippen LogP contribution in [-0.4, -0.2) is 35.1 Å². The summed E-state index contributed by atoms with van der Waals surface area (Å²) in [7, 11) is 0. The number of aliphatic carboxylic acids is 1. The molecule has 1 N–H and O–H groups in total. The van der Waals surface area contributed by atoms with E-state index in [1.54, 1.807) is 0 Å². The maximum Gasteiger partial charge on any atom is 0.317 e. The van der Waals surface area contributed by atoms with Crippen LogP contribution in [0.15, 0.2) is 30.3 Å². The van der Waals surface area contributed by atoms with Crippen LogP contribution in [0, 0.1) is 0 Å². The van der Waals surface area contributed by atoms with Gasteiger partial charge >= 0.3 is 5.97 Å². The Morgan fingerprint density at radius 1 is 1.22 bits per heavy atom. The summed E-state index contributed by atoms with van der Waals surface area (Å²) < 4.78 is 0. The van der Waals surface area contributed by atoms with Crippen molar-refractivity contribution in [2.24, 2.45) is 0 Å². The van der Waals surface area contributed by atoms with E-state index in [1.165, 1.54) is 5.56 Å². The van der Waals surface area contributed by atoms with Crippen molar-refractivity contribution in [3.05, 3.63) is 35.9 Å². The SMILES string of the molecule is CC(C)N(CCCCc1ccccc1)CC(=O)O. The highest BCUT2D eigenvalue weighted by atomic mass is 16.4. The highest BCUT2D eigenvalue weighted by molar-refractivity contribution is 5.69. The Hall–Kier alpha value is -1.35. The number of benzene rings is 1. The lowest BCUT2D eigenvalue weighted by molar-refractivity contribution is -0.138. The van der Waals surface area contributed by atoms with E-state index < -0.39 is 5.97 Å². The highest BCUT2D eigenvalue weighted by Crippen LogP contribution is 2.07. The minimum atomic E-state index is -0.744. The molecule has 0 heterocycles. The van der Waals surface area contributed by atoms with Gasteiger partial charge in [0.05, 0.1) is 6.54 Å². The first-order valence-corrected chi connectivity index (χ1v) is 6.59. The van der Waals surface area contributed by atoms with Gasteiger partial charge in [0.2, 0.25) is 0 Å². The minimum Gasteiger partial charge on any atom is -0.480 e. The van der Waals surface area contributed by atoms with Crippen LogP contribution in [-0.2, 0) is 11.2 Å². The lowest BCUT2D eigenvalue weighted by Crippen LogP contribution is -2.36. The summed E-state index contributed by atoms with van der Waals surface area (Å²) in [4.78, 5) is 12.7. The Kier molecular flexibility index (Phi) is 6.44. The van der Waals surface area contributed by atoms with Crippen molar-refractivity contribution in [1.29, 1.82) is 0 Å². The summed E-state index contributed by atoms with van der Waals surface area (Å²) in [5, 5.41) is 8.83. The minimum absolute atomic E-state index is 0.142. The molecule has 3 heteroatoms. The van der Waals surface area contributed by atoms with Gasteiger partial charge < -0.3 is 5.11 Å². The number of nitrogens with zero attached hydrogens (tertiary/aromatic N) is 1. The lowest BCUT2D eigenvalue weighted by atomic mass is 10.1. The monoisotopic (exact) mass is 249 g/mol. The summed E-state index contributed by atoms with van der Waals surface area (Å²) in [6.45, 7) is 5.08. The largest absolute Gasteiger partial charge is 0.480 e. The van der Waals surface area contributed by atoms with E-state index in [0.717, 1.165) is 25.8 Å². The van der Waals surface area contributed by atoms with Gasteiger partial charge in [-0.15, -0.1) is 0 Å². The molecule has 0 aliphatic heterocycles. The molecule has 1 aromatic rings. The molecule has 0 atom stereocenters. The summed E-state index contributed by atoms with van der Waals surface area (Å²) >= 11 is 0. The van der Waals surface area contributed by atoms with Crippen molar-refractivity contribution in [1.82, 2.24) is 4.90 Å². The predicted molar refractivity (Wildman–Crippen MR) is 73.7 cm³/mol. The molecule has 0 bridgehead atoms. The molecule has 0 spiro atoms. The smallest absolute Gasteiger partial charge is 0.317 e. The Morgan fingerprint density at radius 3 is 2.44 bits per heavy atom. The highest BCUT2D eigenvalue weighted by Gasteiger charge is 2.12. The second-order valence-electron chi connectivity index (χ2n) is 4.90. The molecule has 0 aromatic heterocycles. The fraction of sp³-hybridized carbons (Fsp3) is 0.533. The molecule has 0 saturated heterocycles. The molecule has 18 heavy (non-hydrogen) atoms. The molecule has 0 radical (unpaired) electrons. The van der Waals surface area contributed by atoms with E-state index in [-0.39, 0.29) is 12.6 Å². The molecule has 0 aliphatic rings. The van der Waals surface area contributed by atoms with Gasteiger partial charge in [-0.3, -0.25) is 9.69 Å². The number of aryl methyl sites for hydroxylation is 1. The first kappa shape index (κ1) is 14.7. The van der Waals surface area contributed by atoms with Crippen LogP contribution in [0.3, 0.4) is 0 Å². The number of hydrogen-bond donors (Lipinski definition) is 1. The number of unbranched alkanes of at least 4 members (excludes halogenated alkanes) is 1. The Morgan fingerprint density at radius 2 is 1.89 bits per heavy atom. The van der Waals surface area contributed by atoms with Gasteiger partial charge in [0, 0.05) is 6.04 Å². The van der Waals surface area contributed by atoms with Gasteiger partial charge in [-0.2, -0.15) is 0 Å². The summed E-state index contributed by atoms with van der Waals surface area (Å²) in [5.41, 5.74) is 1.35. The number of carbonyl (C=O) groups is 1. The van der Waals surface area contributed by atoms with Crippen molar-refractivity contribution in [3.8, 4) is 0 Å². The van der Waals surface area contributed by atoms with Crippen LogP contribution in [0.1, 0.15) is 32.3 Å². The van der Waals surface area contributed by atoms with Crippen molar-refractivity contribution in [3.63, 3.8) is 0 Å². The van der Waals surface area contributed by atoms with Crippen LogP contribution in [0.2, 0.25) is 0 Å². The van der Waals surface area contributed by atoms with Crippen LogP contribution in [0.5, 0.6) is 0 Å². The van der Waals surface area contributed by atoms with Gasteiger partial charge in [-0.1, -0.05) is 30.3 Å². The summed E-state index contributed by atoms with van der Waals surface area (Å²) in [6.07, 6.45) is 3.22. The number of hydrogen-bond acceptors (Lipinski definition) is 2. The fourth-order valence-electron chi connectivity index (χ4n) is 1.98. The Balaban J connectivity index is 2.25. The first-order valence-electron chi connectivity index (χ1n) is 6.59. The lowest BCUT2D eigenvalue weighted by Gasteiger charge is -2.24. The molecular weight excluding hydrogens is 226 g/mol. The molecule has 100 valence electrons. The standard InChI is InChI=1S/C15H23NO2/c1-13(2)16(12-15(17)18)11-7-6-10-14-8-4-3-5-9-14/h3-5,8-9,13H,6-7,10-12H2,1-2H3,(H,17,18). The number of carboxylic acid groups (broad SMARTS) is 1. The zero-order chi connectivity index (χ0) is 13.4. The molecule has 0 amide bonds. The molecule has 1 rings (SSSR count). The van der Waals surface area contributed by atoms with Gasteiger partial charge in [0.1, 0.15) is 0 Å². The van der Waals surface area contributed by atoms with Gasteiger partial charge in [0.15, 0.2) is 0 Å². The number of carboxylic acids is 1. The number of rotatable bonds is 8. The molecule has 0 fully saturated rings. The van der Waals surface area contributed by atoms with Gasteiger partial charge in [-0.05, 0) is 45.2 Å². The van der Waals surface area contributed by atoms with Crippen LogP contribution in [0.25, 0.3) is 0 Å².